The fourth-order valence-corrected chi connectivity index (χ4v) is 6.22. The fourth-order valence-electron chi connectivity index (χ4n) is 6.22. The Kier molecular flexibility index (Phi) is 6.91. The predicted molar refractivity (Wildman–Crippen MR) is 123 cm³/mol. The summed E-state index contributed by atoms with van der Waals surface area (Å²) in [4.78, 5) is 0. The molecule has 30 heavy (non-hydrogen) atoms. The monoisotopic (exact) mass is 410 g/mol. The lowest BCUT2D eigenvalue weighted by atomic mass is 9.63. The Morgan fingerprint density at radius 2 is 1.80 bits per heavy atom. The fraction of sp³-hybridized carbons (Fsp3) is 0.571. The van der Waals surface area contributed by atoms with E-state index in [2.05, 4.69) is 6.92 Å². The van der Waals surface area contributed by atoms with Gasteiger partial charge in [-0.25, -0.2) is 8.78 Å². The summed E-state index contributed by atoms with van der Waals surface area (Å²) in [5, 5.41) is 1.27. The predicted octanol–water partition coefficient (Wildman–Crippen LogP) is 8.73. The molecule has 0 saturated heterocycles. The van der Waals surface area contributed by atoms with Crippen molar-refractivity contribution < 1.29 is 8.78 Å². The van der Waals surface area contributed by atoms with E-state index >= 15 is 4.39 Å². The van der Waals surface area contributed by atoms with Gasteiger partial charge >= 0.3 is 0 Å². The minimum Gasteiger partial charge on any atom is -0.207 e. The number of fused-ring (bicyclic) bond motifs is 2. The quantitative estimate of drug-likeness (QED) is 0.418. The average Bonchev–Trinajstić information content (AvgIpc) is 2.75. The van der Waals surface area contributed by atoms with E-state index in [-0.39, 0.29) is 17.6 Å². The van der Waals surface area contributed by atoms with Gasteiger partial charge in [0.2, 0.25) is 0 Å². The maximum atomic E-state index is 15.5. The Morgan fingerprint density at radius 3 is 2.60 bits per heavy atom. The molecule has 0 spiro atoms. The van der Waals surface area contributed by atoms with Crippen molar-refractivity contribution in [2.45, 2.75) is 84.0 Å². The van der Waals surface area contributed by atoms with Gasteiger partial charge in [0.05, 0.1) is 0 Å². The molecule has 0 aliphatic heterocycles. The van der Waals surface area contributed by atoms with Crippen LogP contribution in [0.25, 0.3) is 10.8 Å². The lowest BCUT2D eigenvalue weighted by Crippen LogP contribution is -2.30. The second-order valence-electron chi connectivity index (χ2n) is 9.74. The van der Waals surface area contributed by atoms with Crippen molar-refractivity contribution in [2.24, 2.45) is 17.8 Å². The minimum absolute atomic E-state index is 0.186. The molecule has 2 saturated carbocycles. The molecule has 2 heteroatoms. The molecule has 0 N–H and O–H groups in total. The maximum Gasteiger partial charge on any atom is 0.134 e. The van der Waals surface area contributed by atoms with E-state index in [1.165, 1.54) is 44.6 Å². The van der Waals surface area contributed by atoms with Crippen LogP contribution in [0.2, 0.25) is 0 Å². The molecule has 0 nitrogen and oxygen atoms in total. The molecule has 0 amide bonds. The van der Waals surface area contributed by atoms with E-state index in [4.69, 9.17) is 0 Å². The van der Waals surface area contributed by atoms with Gasteiger partial charge < -0.3 is 0 Å². The summed E-state index contributed by atoms with van der Waals surface area (Å²) in [5.74, 6) is 2.33. The van der Waals surface area contributed by atoms with Gasteiger partial charge in [0, 0.05) is 5.39 Å². The van der Waals surface area contributed by atoms with E-state index in [9.17, 15) is 4.39 Å². The highest BCUT2D eigenvalue weighted by molar-refractivity contribution is 5.85. The Bertz CT molecular complexity index is 897. The van der Waals surface area contributed by atoms with Crippen molar-refractivity contribution in [3.05, 3.63) is 59.2 Å². The molecule has 2 fully saturated rings. The number of rotatable bonds is 6. The number of aryl methyl sites for hydroxylation is 1. The highest BCUT2D eigenvalue weighted by Crippen LogP contribution is 2.49. The standard InChI is InChI=1S/C28H36F2/c1-3-5-6-8-24-17-23-13-14-25(28(30)26(23)18-27(24)29)22-12-11-20-15-19(7-4-2)9-10-21(20)16-22/h3,5,13-14,17-22H,4,6-12,15-16H2,1-2H3/b5-3+. The molecule has 0 aromatic heterocycles. The first kappa shape index (κ1) is 21.5. The van der Waals surface area contributed by atoms with E-state index in [0.717, 1.165) is 48.0 Å². The molecule has 4 rings (SSSR count). The van der Waals surface area contributed by atoms with Crippen LogP contribution >= 0.6 is 0 Å². The average molecular weight is 411 g/mol. The largest absolute Gasteiger partial charge is 0.207 e. The van der Waals surface area contributed by atoms with Crippen LogP contribution in [0.4, 0.5) is 8.78 Å². The van der Waals surface area contributed by atoms with Crippen molar-refractivity contribution in [2.75, 3.05) is 0 Å². The Morgan fingerprint density at radius 1 is 1.00 bits per heavy atom. The van der Waals surface area contributed by atoms with Gasteiger partial charge in [0.1, 0.15) is 11.6 Å². The molecule has 4 atom stereocenters. The van der Waals surface area contributed by atoms with E-state index in [1.807, 2.05) is 37.3 Å². The van der Waals surface area contributed by atoms with Crippen molar-refractivity contribution in [1.29, 1.82) is 0 Å². The van der Waals surface area contributed by atoms with Crippen molar-refractivity contribution in [3.63, 3.8) is 0 Å². The summed E-state index contributed by atoms with van der Waals surface area (Å²) in [6, 6.07) is 7.27. The minimum atomic E-state index is -0.277. The first-order valence-electron chi connectivity index (χ1n) is 12.1. The van der Waals surface area contributed by atoms with Crippen LogP contribution in [0, 0.1) is 29.4 Å². The van der Waals surface area contributed by atoms with Crippen molar-refractivity contribution in [3.8, 4) is 0 Å². The Hall–Kier alpha value is -1.70. The van der Waals surface area contributed by atoms with Crippen LogP contribution in [0.15, 0.2) is 36.4 Å². The van der Waals surface area contributed by atoms with Gasteiger partial charge in [0.25, 0.3) is 0 Å². The van der Waals surface area contributed by atoms with Crippen LogP contribution < -0.4 is 0 Å². The second-order valence-corrected chi connectivity index (χ2v) is 9.74. The van der Waals surface area contributed by atoms with Crippen LogP contribution in [0.3, 0.4) is 0 Å². The van der Waals surface area contributed by atoms with E-state index in [1.54, 1.807) is 0 Å². The van der Waals surface area contributed by atoms with Crippen LogP contribution in [-0.4, -0.2) is 0 Å². The molecular formula is C28H36F2. The van der Waals surface area contributed by atoms with Gasteiger partial charge in [0.15, 0.2) is 0 Å². The third-order valence-electron chi connectivity index (χ3n) is 7.83. The van der Waals surface area contributed by atoms with E-state index < -0.39 is 0 Å². The van der Waals surface area contributed by atoms with Gasteiger partial charge in [-0.05, 0) is 104 Å². The third-order valence-corrected chi connectivity index (χ3v) is 7.83. The molecule has 0 heterocycles. The third kappa shape index (κ3) is 4.48. The Labute approximate surface area is 180 Å². The summed E-state index contributed by atoms with van der Waals surface area (Å²) >= 11 is 0. The smallest absolute Gasteiger partial charge is 0.134 e. The first-order chi connectivity index (χ1) is 14.6. The molecule has 0 bridgehead atoms. The van der Waals surface area contributed by atoms with Crippen LogP contribution in [-0.2, 0) is 6.42 Å². The van der Waals surface area contributed by atoms with E-state index in [0.29, 0.717) is 17.4 Å². The molecule has 0 radical (unpaired) electrons. The number of halogens is 2. The molecule has 2 aromatic rings. The lowest BCUT2D eigenvalue weighted by molar-refractivity contribution is 0.113. The summed E-state index contributed by atoms with van der Waals surface area (Å²) in [7, 11) is 0. The normalized spacial score (nSPS) is 26.9. The molecule has 162 valence electrons. The van der Waals surface area contributed by atoms with Gasteiger partial charge in [-0.1, -0.05) is 50.5 Å². The second kappa shape index (κ2) is 9.62. The lowest BCUT2D eigenvalue weighted by Gasteiger charge is -2.42. The number of benzene rings is 2. The molecule has 2 aliphatic rings. The first-order valence-corrected chi connectivity index (χ1v) is 12.1. The van der Waals surface area contributed by atoms with Crippen molar-refractivity contribution in [1.82, 2.24) is 0 Å². The van der Waals surface area contributed by atoms with Crippen LogP contribution in [0.1, 0.15) is 88.7 Å². The van der Waals surface area contributed by atoms with Crippen LogP contribution in [0.5, 0.6) is 0 Å². The molecule has 2 aliphatic carbocycles. The summed E-state index contributed by atoms with van der Waals surface area (Å²) < 4.78 is 30.1. The molecule has 2 aromatic carbocycles. The van der Waals surface area contributed by atoms with Crippen molar-refractivity contribution >= 4 is 10.8 Å². The maximum absolute atomic E-state index is 15.5. The topological polar surface area (TPSA) is 0 Å². The zero-order chi connectivity index (χ0) is 21.1. The number of hydrogen-bond donors (Lipinski definition) is 0. The van der Waals surface area contributed by atoms with Gasteiger partial charge in [-0.2, -0.15) is 0 Å². The summed E-state index contributed by atoms with van der Waals surface area (Å²) in [6.07, 6.45) is 15.6. The summed E-state index contributed by atoms with van der Waals surface area (Å²) in [6.45, 7) is 4.26. The van der Waals surface area contributed by atoms with Gasteiger partial charge in [-0.15, -0.1) is 0 Å². The summed E-state index contributed by atoms with van der Waals surface area (Å²) in [5.41, 5.74) is 1.50. The van der Waals surface area contributed by atoms with Gasteiger partial charge in [-0.3, -0.25) is 0 Å². The highest BCUT2D eigenvalue weighted by Gasteiger charge is 2.36. The Balaban J connectivity index is 1.52. The molecule has 4 unspecified atom stereocenters. The highest BCUT2D eigenvalue weighted by atomic mass is 19.1. The SMILES string of the molecule is C/C=C/CCc1cc2ccc(C3CCC4CC(CCC)CCC4C3)c(F)c2cc1F. The molecular weight excluding hydrogens is 374 g/mol. The zero-order valence-electron chi connectivity index (χ0n) is 18.6. The number of hydrogen-bond acceptors (Lipinski definition) is 0. The zero-order valence-corrected chi connectivity index (χ0v) is 18.6. The number of allylic oxidation sites excluding steroid dienone is 2.